The molecule has 0 aliphatic rings. The Bertz CT molecular complexity index is 946. The molecular formula is C21H20N2O5. The molecule has 3 aromatic rings. The number of aromatic nitrogens is 1. The molecule has 1 aromatic heterocycles. The van der Waals surface area contributed by atoms with E-state index in [1.807, 2.05) is 31.2 Å². The number of ether oxygens (including phenoxy) is 2. The summed E-state index contributed by atoms with van der Waals surface area (Å²) < 4.78 is 15.2. The number of amides is 1. The van der Waals surface area contributed by atoms with Gasteiger partial charge in [0, 0.05) is 18.7 Å². The van der Waals surface area contributed by atoms with Crippen molar-refractivity contribution < 1.29 is 23.6 Å². The van der Waals surface area contributed by atoms with E-state index in [1.54, 1.807) is 37.4 Å². The number of benzene rings is 2. The number of esters is 1. The minimum Gasteiger partial charge on any atom is -0.452 e. The molecule has 144 valence electrons. The maximum Gasteiger partial charge on any atom is 0.338 e. The van der Waals surface area contributed by atoms with Gasteiger partial charge >= 0.3 is 5.97 Å². The molecule has 0 saturated heterocycles. The first-order chi connectivity index (χ1) is 13.5. The maximum atomic E-state index is 12.0. The second-order valence-corrected chi connectivity index (χ2v) is 6.20. The van der Waals surface area contributed by atoms with Gasteiger partial charge in [-0.1, -0.05) is 47.1 Å². The van der Waals surface area contributed by atoms with Crippen molar-refractivity contribution in [2.75, 3.05) is 19.0 Å². The molecule has 0 spiro atoms. The predicted molar refractivity (Wildman–Crippen MR) is 103 cm³/mol. The smallest absolute Gasteiger partial charge is 0.338 e. The van der Waals surface area contributed by atoms with Crippen LogP contribution in [0.2, 0.25) is 0 Å². The van der Waals surface area contributed by atoms with E-state index in [0.29, 0.717) is 17.9 Å². The molecule has 7 nitrogen and oxygen atoms in total. The van der Waals surface area contributed by atoms with Crippen molar-refractivity contribution >= 4 is 17.8 Å². The molecule has 28 heavy (non-hydrogen) atoms. The summed E-state index contributed by atoms with van der Waals surface area (Å²) in [6.07, 6.45) is 0. The van der Waals surface area contributed by atoms with E-state index in [2.05, 4.69) is 10.5 Å². The van der Waals surface area contributed by atoms with Gasteiger partial charge < -0.3 is 14.0 Å². The van der Waals surface area contributed by atoms with Crippen LogP contribution < -0.4 is 5.32 Å². The Morgan fingerprint density at radius 3 is 2.46 bits per heavy atom. The molecule has 0 aliphatic heterocycles. The lowest BCUT2D eigenvalue weighted by atomic mass is 10.1. The van der Waals surface area contributed by atoms with Crippen LogP contribution in [0.25, 0.3) is 11.3 Å². The quantitative estimate of drug-likeness (QED) is 0.630. The lowest BCUT2D eigenvalue weighted by Crippen LogP contribution is -2.20. The molecule has 0 aliphatic carbocycles. The molecule has 0 radical (unpaired) electrons. The van der Waals surface area contributed by atoms with Crippen molar-refractivity contribution in [2.24, 2.45) is 0 Å². The van der Waals surface area contributed by atoms with Crippen molar-refractivity contribution in [3.63, 3.8) is 0 Å². The summed E-state index contributed by atoms with van der Waals surface area (Å²) in [7, 11) is 1.60. The van der Waals surface area contributed by atoms with Gasteiger partial charge in [-0.3, -0.25) is 10.1 Å². The zero-order valence-electron chi connectivity index (χ0n) is 15.6. The van der Waals surface area contributed by atoms with Crippen molar-refractivity contribution in [1.82, 2.24) is 5.16 Å². The molecule has 0 unspecified atom stereocenters. The molecule has 0 saturated carbocycles. The Morgan fingerprint density at radius 1 is 1.07 bits per heavy atom. The first-order valence-corrected chi connectivity index (χ1v) is 8.64. The molecule has 1 amide bonds. The van der Waals surface area contributed by atoms with Gasteiger partial charge in [-0.15, -0.1) is 0 Å². The third-order valence-electron chi connectivity index (χ3n) is 3.96. The highest BCUT2D eigenvalue weighted by atomic mass is 16.5. The number of hydrogen-bond acceptors (Lipinski definition) is 6. The van der Waals surface area contributed by atoms with Crippen LogP contribution in [0.3, 0.4) is 0 Å². The number of rotatable bonds is 7. The first kappa shape index (κ1) is 19.3. The van der Waals surface area contributed by atoms with Crippen LogP contribution >= 0.6 is 0 Å². The highest BCUT2D eigenvalue weighted by Crippen LogP contribution is 2.22. The molecule has 2 aromatic carbocycles. The molecule has 0 bridgehead atoms. The predicted octanol–water partition coefficient (Wildman–Crippen LogP) is 3.59. The number of methoxy groups -OCH3 is 1. The lowest BCUT2D eigenvalue weighted by Gasteiger charge is -2.05. The van der Waals surface area contributed by atoms with E-state index in [0.717, 1.165) is 16.7 Å². The van der Waals surface area contributed by atoms with Gasteiger partial charge in [0.2, 0.25) is 5.88 Å². The van der Waals surface area contributed by atoms with Gasteiger partial charge in [0.1, 0.15) is 5.69 Å². The molecule has 1 heterocycles. The molecule has 0 atom stereocenters. The highest BCUT2D eigenvalue weighted by molar-refractivity contribution is 5.95. The van der Waals surface area contributed by atoms with Crippen LogP contribution in [0, 0.1) is 6.92 Å². The van der Waals surface area contributed by atoms with Crippen molar-refractivity contribution in [3.05, 3.63) is 71.3 Å². The summed E-state index contributed by atoms with van der Waals surface area (Å²) >= 11 is 0. The van der Waals surface area contributed by atoms with Gasteiger partial charge in [-0.25, -0.2) is 4.79 Å². The number of hydrogen-bond donors (Lipinski definition) is 1. The monoisotopic (exact) mass is 380 g/mol. The van der Waals surface area contributed by atoms with Gasteiger partial charge in [-0.2, -0.15) is 0 Å². The van der Waals surface area contributed by atoms with E-state index >= 15 is 0 Å². The zero-order valence-corrected chi connectivity index (χ0v) is 15.6. The van der Waals surface area contributed by atoms with E-state index in [-0.39, 0.29) is 5.88 Å². The van der Waals surface area contributed by atoms with Crippen LogP contribution in [0.15, 0.2) is 59.1 Å². The van der Waals surface area contributed by atoms with Crippen LogP contribution in [0.1, 0.15) is 21.5 Å². The number of aryl methyl sites for hydroxylation is 1. The fourth-order valence-electron chi connectivity index (χ4n) is 2.49. The maximum absolute atomic E-state index is 12.0. The van der Waals surface area contributed by atoms with Crippen molar-refractivity contribution in [2.45, 2.75) is 13.5 Å². The van der Waals surface area contributed by atoms with E-state index in [9.17, 15) is 9.59 Å². The summed E-state index contributed by atoms with van der Waals surface area (Å²) in [5.74, 6) is -0.923. The fourth-order valence-corrected chi connectivity index (χ4v) is 2.49. The SMILES string of the molecule is COCc1ccc(C(=O)OCC(=O)Nc2cc(-c3ccc(C)cc3)no2)cc1. The number of nitrogens with zero attached hydrogens (tertiary/aromatic N) is 1. The Balaban J connectivity index is 1.51. The number of nitrogens with one attached hydrogen (secondary N) is 1. The number of carbonyl (C=O) groups is 2. The van der Waals surface area contributed by atoms with Gasteiger partial charge in [-0.05, 0) is 24.6 Å². The third-order valence-corrected chi connectivity index (χ3v) is 3.96. The molecule has 7 heteroatoms. The Hall–Kier alpha value is -3.45. The normalized spacial score (nSPS) is 10.5. The van der Waals surface area contributed by atoms with Crippen LogP contribution in [0.4, 0.5) is 5.88 Å². The Morgan fingerprint density at radius 2 is 1.79 bits per heavy atom. The summed E-state index contributed by atoms with van der Waals surface area (Å²) in [6.45, 7) is 2.02. The van der Waals surface area contributed by atoms with Crippen LogP contribution in [0.5, 0.6) is 0 Å². The van der Waals surface area contributed by atoms with E-state index < -0.39 is 18.5 Å². The van der Waals surface area contributed by atoms with Crippen molar-refractivity contribution in [3.8, 4) is 11.3 Å². The molecular weight excluding hydrogens is 360 g/mol. The average Bonchev–Trinajstić information content (AvgIpc) is 3.16. The van der Waals surface area contributed by atoms with Crippen LogP contribution in [-0.4, -0.2) is 30.7 Å². The van der Waals surface area contributed by atoms with Crippen LogP contribution in [-0.2, 0) is 20.9 Å². The summed E-state index contributed by atoms with van der Waals surface area (Å²) in [6, 6.07) is 16.1. The first-order valence-electron chi connectivity index (χ1n) is 8.64. The van der Waals surface area contributed by atoms with E-state index in [4.69, 9.17) is 14.0 Å². The largest absolute Gasteiger partial charge is 0.452 e. The standard InChI is InChI=1S/C21H20N2O5/c1-14-3-7-16(8-4-14)18-11-20(28-23-18)22-19(24)13-27-21(25)17-9-5-15(6-10-17)12-26-2/h3-11H,12-13H2,1-2H3,(H,22,24). The molecule has 0 fully saturated rings. The average molecular weight is 380 g/mol. The minimum absolute atomic E-state index is 0.181. The Kier molecular flexibility index (Phi) is 6.18. The van der Waals surface area contributed by atoms with Crippen molar-refractivity contribution in [1.29, 1.82) is 0 Å². The molecule has 1 N–H and O–H groups in total. The molecule has 3 rings (SSSR count). The van der Waals surface area contributed by atoms with Gasteiger partial charge in [0.25, 0.3) is 5.91 Å². The van der Waals surface area contributed by atoms with E-state index in [1.165, 1.54) is 0 Å². The topological polar surface area (TPSA) is 90.7 Å². The third kappa shape index (κ3) is 5.05. The minimum atomic E-state index is -0.586. The zero-order chi connectivity index (χ0) is 19.9. The fraction of sp³-hybridized carbons (Fsp3) is 0.190. The highest BCUT2D eigenvalue weighted by Gasteiger charge is 2.13. The lowest BCUT2D eigenvalue weighted by molar-refractivity contribution is -0.119. The second-order valence-electron chi connectivity index (χ2n) is 6.20. The number of carbonyl (C=O) groups excluding carboxylic acids is 2. The van der Waals surface area contributed by atoms with Gasteiger partial charge in [0.15, 0.2) is 6.61 Å². The van der Waals surface area contributed by atoms with Gasteiger partial charge in [0.05, 0.1) is 12.2 Å². The summed E-state index contributed by atoms with van der Waals surface area (Å²) in [5.41, 5.74) is 3.90. The summed E-state index contributed by atoms with van der Waals surface area (Å²) in [4.78, 5) is 24.0. The summed E-state index contributed by atoms with van der Waals surface area (Å²) in [5, 5.41) is 6.44. The Labute approximate surface area is 162 Å². The second kappa shape index (κ2) is 8.96. The number of anilines is 1.